The highest BCUT2D eigenvalue weighted by Gasteiger charge is 2.35. The van der Waals surface area contributed by atoms with Crippen LogP contribution >= 0.6 is 0 Å². The fourth-order valence-corrected chi connectivity index (χ4v) is 3.60. The molecule has 2 amide bonds. The summed E-state index contributed by atoms with van der Waals surface area (Å²) in [5.74, 6) is -0.312. The number of hydrogen-bond acceptors (Lipinski definition) is 8. The van der Waals surface area contributed by atoms with Crippen LogP contribution in [0.5, 0.6) is 17.2 Å². The average Bonchev–Trinajstić information content (AvgIpc) is 2.83. The summed E-state index contributed by atoms with van der Waals surface area (Å²) >= 11 is 0. The summed E-state index contributed by atoms with van der Waals surface area (Å²) < 4.78 is 15.6. The molecule has 1 aliphatic rings. The largest absolute Gasteiger partial charge is 0.497 e. The van der Waals surface area contributed by atoms with Gasteiger partial charge in [-0.1, -0.05) is 0 Å². The Hall–Kier alpha value is -4.54. The van der Waals surface area contributed by atoms with Crippen LogP contribution < -0.4 is 35.7 Å². The number of fused-ring (bicyclic) bond motifs is 1. The minimum Gasteiger partial charge on any atom is -0.497 e. The molecule has 0 bridgehead atoms. The van der Waals surface area contributed by atoms with Crippen LogP contribution in [0, 0.1) is 0 Å². The van der Waals surface area contributed by atoms with E-state index in [1.165, 1.54) is 14.2 Å². The predicted octanol–water partition coefficient (Wildman–Crippen LogP) is 2.60. The van der Waals surface area contributed by atoms with Gasteiger partial charge in [0.05, 0.1) is 38.5 Å². The fourth-order valence-electron chi connectivity index (χ4n) is 3.60. The lowest BCUT2D eigenvalue weighted by molar-refractivity contribution is -0.123. The molecule has 0 fully saturated rings. The first kappa shape index (κ1) is 22.6. The zero-order chi connectivity index (χ0) is 24.2. The van der Waals surface area contributed by atoms with E-state index >= 15 is 0 Å². The van der Waals surface area contributed by atoms with Gasteiger partial charge in [-0.05, 0) is 36.4 Å². The first-order chi connectivity index (χ1) is 16.4. The van der Waals surface area contributed by atoms with Gasteiger partial charge in [-0.3, -0.25) is 19.4 Å². The van der Waals surface area contributed by atoms with Crippen molar-refractivity contribution < 1.29 is 23.8 Å². The van der Waals surface area contributed by atoms with Crippen molar-refractivity contribution in [3.8, 4) is 17.2 Å². The number of methoxy groups -OCH3 is 3. The number of ether oxygens (including phenoxy) is 3. The second-order valence-electron chi connectivity index (χ2n) is 7.39. The smallest absolute Gasteiger partial charge is 0.258 e. The summed E-state index contributed by atoms with van der Waals surface area (Å²) in [5.41, 5.74) is 0.519. The van der Waals surface area contributed by atoms with Crippen molar-refractivity contribution in [2.75, 3.05) is 37.3 Å². The second-order valence-corrected chi connectivity index (χ2v) is 7.39. The number of anilines is 4. The van der Waals surface area contributed by atoms with Gasteiger partial charge in [0.25, 0.3) is 5.56 Å². The summed E-state index contributed by atoms with van der Waals surface area (Å²) in [6, 6.07) is 11.9. The number of benzene rings is 2. The number of carbonyl (C=O) groups is 2. The minimum absolute atomic E-state index is 0.0220. The van der Waals surface area contributed by atoms with Gasteiger partial charge in [-0.15, -0.1) is 0 Å². The maximum absolute atomic E-state index is 13.1. The number of aromatic amines is 1. The molecule has 1 atom stereocenters. The number of H-pyrrole nitrogens is 1. The molecular formula is C23H23N5O6. The van der Waals surface area contributed by atoms with Crippen LogP contribution in [0.25, 0.3) is 0 Å². The van der Waals surface area contributed by atoms with E-state index < -0.39 is 23.3 Å². The number of nitrogens with one attached hydrogen (secondary N) is 4. The second kappa shape index (κ2) is 9.53. The van der Waals surface area contributed by atoms with E-state index in [2.05, 4.69) is 25.9 Å². The Morgan fingerprint density at radius 2 is 1.71 bits per heavy atom. The molecule has 0 aliphatic carbocycles. The van der Waals surface area contributed by atoms with E-state index in [-0.39, 0.29) is 23.8 Å². The van der Waals surface area contributed by atoms with Crippen LogP contribution in [-0.2, 0) is 9.59 Å². The Morgan fingerprint density at radius 3 is 2.38 bits per heavy atom. The summed E-state index contributed by atoms with van der Waals surface area (Å²) in [4.78, 5) is 45.4. The van der Waals surface area contributed by atoms with E-state index in [0.717, 1.165) is 0 Å². The lowest BCUT2D eigenvalue weighted by atomic mass is 9.92. The number of nitrogens with zero attached hydrogens (tertiary/aromatic N) is 1. The van der Waals surface area contributed by atoms with Gasteiger partial charge in [0.2, 0.25) is 17.8 Å². The Bertz CT molecular complexity index is 1290. The van der Waals surface area contributed by atoms with E-state index in [9.17, 15) is 14.4 Å². The maximum atomic E-state index is 13.1. The molecule has 11 nitrogen and oxygen atoms in total. The number of rotatable bonds is 7. The van der Waals surface area contributed by atoms with Crippen molar-refractivity contribution >= 4 is 35.0 Å². The molecule has 4 N–H and O–H groups in total. The lowest BCUT2D eigenvalue weighted by Gasteiger charge is -2.24. The maximum Gasteiger partial charge on any atom is 0.258 e. The standard InChI is InChI=1S/C23H23N5O6/c1-32-13-6-4-12(5-7-13)24-23-27-20-19(22(31)28-23)15(11-18(29)26-20)21(30)25-16-10-14(33-2)8-9-17(16)34-3/h4-10,15H,11H2,1-3H3,(H,25,30)(H3,24,26,27,28,29,31). The first-order valence-corrected chi connectivity index (χ1v) is 10.3. The van der Waals surface area contributed by atoms with Gasteiger partial charge in [-0.25, -0.2) is 0 Å². The zero-order valence-corrected chi connectivity index (χ0v) is 18.7. The Kier molecular flexibility index (Phi) is 6.35. The van der Waals surface area contributed by atoms with Crippen molar-refractivity contribution in [3.05, 3.63) is 58.4 Å². The number of amides is 2. The lowest BCUT2D eigenvalue weighted by Crippen LogP contribution is -2.36. The monoisotopic (exact) mass is 465 g/mol. The van der Waals surface area contributed by atoms with Crippen LogP contribution in [0.4, 0.5) is 23.1 Å². The molecule has 1 aliphatic heterocycles. The Labute approximate surface area is 194 Å². The van der Waals surface area contributed by atoms with Crippen LogP contribution in [0.2, 0.25) is 0 Å². The van der Waals surface area contributed by atoms with Gasteiger partial charge < -0.3 is 30.2 Å². The summed E-state index contributed by atoms with van der Waals surface area (Å²) in [6.07, 6.45) is -0.207. The zero-order valence-electron chi connectivity index (χ0n) is 18.7. The first-order valence-electron chi connectivity index (χ1n) is 10.3. The highest BCUT2D eigenvalue weighted by molar-refractivity contribution is 6.05. The van der Waals surface area contributed by atoms with Crippen LogP contribution in [-0.4, -0.2) is 43.1 Å². The summed E-state index contributed by atoms with van der Waals surface area (Å²) in [6.45, 7) is 0. The van der Waals surface area contributed by atoms with E-state index in [1.54, 1.807) is 49.6 Å². The predicted molar refractivity (Wildman–Crippen MR) is 125 cm³/mol. The van der Waals surface area contributed by atoms with Crippen LogP contribution in [0.15, 0.2) is 47.3 Å². The van der Waals surface area contributed by atoms with E-state index in [4.69, 9.17) is 14.2 Å². The van der Waals surface area contributed by atoms with E-state index in [1.807, 2.05) is 0 Å². The highest BCUT2D eigenvalue weighted by Crippen LogP contribution is 2.33. The van der Waals surface area contributed by atoms with Crippen LogP contribution in [0.3, 0.4) is 0 Å². The molecule has 2 aromatic carbocycles. The van der Waals surface area contributed by atoms with Gasteiger partial charge in [-0.2, -0.15) is 4.98 Å². The number of hydrogen-bond donors (Lipinski definition) is 4. The molecule has 0 radical (unpaired) electrons. The topological polar surface area (TPSA) is 144 Å². The summed E-state index contributed by atoms with van der Waals surface area (Å²) in [5, 5.41) is 8.28. The van der Waals surface area contributed by atoms with Crippen molar-refractivity contribution in [2.24, 2.45) is 0 Å². The Morgan fingerprint density at radius 1 is 1.00 bits per heavy atom. The Balaban J connectivity index is 1.63. The van der Waals surface area contributed by atoms with Crippen molar-refractivity contribution in [1.82, 2.24) is 9.97 Å². The normalized spacial score (nSPS) is 14.4. The van der Waals surface area contributed by atoms with Crippen LogP contribution in [0.1, 0.15) is 17.9 Å². The van der Waals surface area contributed by atoms with Crippen molar-refractivity contribution in [1.29, 1.82) is 0 Å². The third-order valence-corrected chi connectivity index (χ3v) is 5.28. The molecular weight excluding hydrogens is 442 g/mol. The SMILES string of the molecule is COc1ccc(Nc2nc3c(c(=O)[nH]2)C(C(=O)Nc2cc(OC)ccc2OC)CC(=O)N3)cc1. The van der Waals surface area contributed by atoms with Gasteiger partial charge in [0.15, 0.2) is 0 Å². The molecule has 2 heterocycles. The van der Waals surface area contributed by atoms with Gasteiger partial charge >= 0.3 is 0 Å². The molecule has 0 saturated carbocycles. The molecule has 1 unspecified atom stereocenters. The van der Waals surface area contributed by atoms with Crippen molar-refractivity contribution in [3.63, 3.8) is 0 Å². The number of aromatic nitrogens is 2. The average molecular weight is 465 g/mol. The van der Waals surface area contributed by atoms with Crippen molar-refractivity contribution in [2.45, 2.75) is 12.3 Å². The van der Waals surface area contributed by atoms with Gasteiger partial charge in [0, 0.05) is 18.2 Å². The molecule has 1 aromatic heterocycles. The van der Waals surface area contributed by atoms with E-state index in [0.29, 0.717) is 28.6 Å². The minimum atomic E-state index is -1.05. The molecule has 176 valence electrons. The molecule has 11 heteroatoms. The molecule has 34 heavy (non-hydrogen) atoms. The fraction of sp³-hybridized carbons (Fsp3) is 0.217. The third-order valence-electron chi connectivity index (χ3n) is 5.28. The highest BCUT2D eigenvalue weighted by atomic mass is 16.5. The number of carbonyl (C=O) groups excluding carboxylic acids is 2. The quantitative estimate of drug-likeness (QED) is 0.417. The molecule has 0 spiro atoms. The molecule has 4 rings (SSSR count). The third kappa shape index (κ3) is 4.63. The molecule has 0 saturated heterocycles. The summed E-state index contributed by atoms with van der Waals surface area (Å²) in [7, 11) is 4.52. The molecule has 3 aromatic rings. The van der Waals surface area contributed by atoms with Gasteiger partial charge in [0.1, 0.15) is 23.1 Å².